The number of methoxy groups -OCH3 is 1. The summed E-state index contributed by atoms with van der Waals surface area (Å²) < 4.78 is 5.18. The zero-order valence-electron chi connectivity index (χ0n) is 13.9. The molecule has 23 heavy (non-hydrogen) atoms. The Labute approximate surface area is 136 Å². The van der Waals surface area contributed by atoms with Crippen LogP contribution in [0.4, 0.5) is 5.69 Å². The second-order valence-corrected chi connectivity index (χ2v) is 5.78. The molecule has 0 aliphatic rings. The van der Waals surface area contributed by atoms with Crippen molar-refractivity contribution >= 4 is 22.5 Å². The molecule has 6 heteroatoms. The molecule has 0 fully saturated rings. The number of nitrogens with two attached hydrogens (primary N) is 1. The van der Waals surface area contributed by atoms with Crippen molar-refractivity contribution < 1.29 is 9.53 Å². The highest BCUT2D eigenvalue weighted by Crippen LogP contribution is 2.27. The van der Waals surface area contributed by atoms with E-state index in [9.17, 15) is 4.79 Å². The number of hydrogen-bond donors (Lipinski definition) is 2. The molecule has 124 valence electrons. The van der Waals surface area contributed by atoms with Gasteiger partial charge in [-0.1, -0.05) is 6.07 Å². The molecule has 2 rings (SSSR count). The van der Waals surface area contributed by atoms with E-state index in [1.165, 1.54) is 6.20 Å². The molecule has 0 bridgehead atoms. The predicted octanol–water partition coefficient (Wildman–Crippen LogP) is 1.84. The van der Waals surface area contributed by atoms with Crippen LogP contribution in [0.15, 0.2) is 24.4 Å². The summed E-state index contributed by atoms with van der Waals surface area (Å²) >= 11 is 0. The van der Waals surface area contributed by atoms with Crippen molar-refractivity contribution in [3.8, 4) is 0 Å². The number of nitrogens with zero attached hydrogens (tertiary/aromatic N) is 2. The van der Waals surface area contributed by atoms with Gasteiger partial charge in [-0.2, -0.15) is 0 Å². The first-order valence-electron chi connectivity index (χ1n) is 7.62. The molecule has 0 saturated carbocycles. The quantitative estimate of drug-likeness (QED) is 0.726. The van der Waals surface area contributed by atoms with Crippen molar-refractivity contribution in [1.29, 1.82) is 0 Å². The maximum Gasteiger partial charge on any atom is 0.252 e. The number of carbonyl (C=O) groups excluding carboxylic acids is 1. The number of ether oxygens (including phenoxy) is 1. The Balaban J connectivity index is 2.36. The number of rotatable bonds is 8. The molecule has 0 saturated heterocycles. The van der Waals surface area contributed by atoms with Gasteiger partial charge < -0.3 is 20.7 Å². The molecule has 0 unspecified atom stereocenters. The number of anilines is 1. The summed E-state index contributed by atoms with van der Waals surface area (Å²) in [6.45, 7) is 2.24. The van der Waals surface area contributed by atoms with E-state index in [4.69, 9.17) is 10.5 Å². The Hall–Kier alpha value is -2.18. The number of hydrogen-bond acceptors (Lipinski definition) is 5. The van der Waals surface area contributed by atoms with Crippen LogP contribution in [0.2, 0.25) is 0 Å². The summed E-state index contributed by atoms with van der Waals surface area (Å²) in [5.41, 5.74) is 8.52. The summed E-state index contributed by atoms with van der Waals surface area (Å²) in [6, 6.07) is 5.89. The molecule has 2 aromatic rings. The van der Waals surface area contributed by atoms with Gasteiger partial charge in [0.15, 0.2) is 0 Å². The number of nitrogens with one attached hydrogen (secondary N) is 1. The van der Waals surface area contributed by atoms with Crippen LogP contribution >= 0.6 is 0 Å². The van der Waals surface area contributed by atoms with Gasteiger partial charge in [-0.3, -0.25) is 9.78 Å². The molecular weight excluding hydrogens is 292 g/mol. The molecule has 1 aromatic heterocycles. The summed E-state index contributed by atoms with van der Waals surface area (Å²) in [5.74, 6) is -0.480. The number of aromatic nitrogens is 1. The lowest BCUT2D eigenvalue weighted by Crippen LogP contribution is -2.19. The van der Waals surface area contributed by atoms with Crippen molar-refractivity contribution in [2.45, 2.75) is 13.0 Å². The zero-order valence-corrected chi connectivity index (χ0v) is 13.9. The Morgan fingerprint density at radius 2 is 2.17 bits per heavy atom. The lowest BCUT2D eigenvalue weighted by atomic mass is 10.1. The van der Waals surface area contributed by atoms with Crippen molar-refractivity contribution in [1.82, 2.24) is 9.88 Å². The van der Waals surface area contributed by atoms with Crippen molar-refractivity contribution in [3.63, 3.8) is 0 Å². The minimum Gasteiger partial charge on any atom is -0.384 e. The van der Waals surface area contributed by atoms with E-state index in [2.05, 4.69) is 15.2 Å². The smallest absolute Gasteiger partial charge is 0.252 e. The second kappa shape index (κ2) is 7.89. The van der Waals surface area contributed by atoms with Gasteiger partial charge in [0.25, 0.3) is 5.91 Å². The monoisotopic (exact) mass is 316 g/mol. The van der Waals surface area contributed by atoms with Crippen LogP contribution in [-0.4, -0.2) is 50.1 Å². The van der Waals surface area contributed by atoms with E-state index in [0.29, 0.717) is 12.2 Å². The molecule has 1 heterocycles. The highest BCUT2D eigenvalue weighted by molar-refractivity contribution is 6.06. The topological polar surface area (TPSA) is 80.5 Å². The minimum atomic E-state index is -0.480. The highest BCUT2D eigenvalue weighted by atomic mass is 16.5. The summed E-state index contributed by atoms with van der Waals surface area (Å²) in [7, 11) is 5.73. The second-order valence-electron chi connectivity index (χ2n) is 5.78. The normalized spacial score (nSPS) is 11.1. The maximum absolute atomic E-state index is 11.7. The van der Waals surface area contributed by atoms with Crippen molar-refractivity contribution in [3.05, 3.63) is 35.5 Å². The summed E-state index contributed by atoms with van der Waals surface area (Å²) in [5, 5.41) is 4.24. The van der Waals surface area contributed by atoms with E-state index in [0.717, 1.165) is 41.7 Å². The third-order valence-corrected chi connectivity index (χ3v) is 3.59. The van der Waals surface area contributed by atoms with Gasteiger partial charge in [0.05, 0.1) is 23.4 Å². The van der Waals surface area contributed by atoms with Crippen LogP contribution in [0.3, 0.4) is 0 Å². The zero-order chi connectivity index (χ0) is 16.8. The van der Waals surface area contributed by atoms with E-state index in [1.807, 2.05) is 32.3 Å². The highest BCUT2D eigenvalue weighted by Gasteiger charge is 2.13. The third-order valence-electron chi connectivity index (χ3n) is 3.59. The lowest BCUT2D eigenvalue weighted by molar-refractivity contribution is 0.100. The average molecular weight is 316 g/mol. The van der Waals surface area contributed by atoms with E-state index < -0.39 is 5.91 Å². The summed E-state index contributed by atoms with van der Waals surface area (Å²) in [4.78, 5) is 18.2. The Bertz CT molecular complexity index is 686. The molecule has 3 N–H and O–H groups in total. The molecule has 1 amide bonds. The third kappa shape index (κ3) is 4.40. The maximum atomic E-state index is 11.7. The number of primary amides is 1. The first-order valence-corrected chi connectivity index (χ1v) is 7.62. The molecule has 6 nitrogen and oxygen atoms in total. The number of benzene rings is 1. The number of fused-ring (bicyclic) bond motifs is 1. The molecule has 0 spiro atoms. The van der Waals surface area contributed by atoms with Gasteiger partial charge in [-0.05, 0) is 44.8 Å². The molecule has 0 atom stereocenters. The fraction of sp³-hybridized carbons (Fsp3) is 0.412. The standard InChI is InChI=1S/C17H24N4O2/c1-21(2)8-4-7-19-16-13-9-12(11-23-3)5-6-15(13)20-10-14(16)17(18)22/h5-6,9-10H,4,7-8,11H2,1-3H3,(H2,18,22)(H,19,20). The molecular formula is C17H24N4O2. The van der Waals surface area contributed by atoms with Crippen LogP contribution in [0, 0.1) is 0 Å². The van der Waals surface area contributed by atoms with E-state index in [1.54, 1.807) is 7.11 Å². The van der Waals surface area contributed by atoms with E-state index in [-0.39, 0.29) is 0 Å². The first-order chi connectivity index (χ1) is 11.0. The Kier molecular flexibility index (Phi) is 5.90. The van der Waals surface area contributed by atoms with Crippen LogP contribution < -0.4 is 11.1 Å². The molecule has 0 radical (unpaired) electrons. The van der Waals surface area contributed by atoms with Gasteiger partial charge >= 0.3 is 0 Å². The average Bonchev–Trinajstić information content (AvgIpc) is 2.51. The Morgan fingerprint density at radius 3 is 2.83 bits per heavy atom. The lowest BCUT2D eigenvalue weighted by Gasteiger charge is -2.15. The van der Waals surface area contributed by atoms with E-state index >= 15 is 0 Å². The largest absolute Gasteiger partial charge is 0.384 e. The molecule has 0 aliphatic heterocycles. The molecule has 0 aliphatic carbocycles. The van der Waals surface area contributed by atoms with Crippen LogP contribution in [0.1, 0.15) is 22.3 Å². The summed E-state index contributed by atoms with van der Waals surface area (Å²) in [6.07, 6.45) is 2.50. The predicted molar refractivity (Wildman–Crippen MR) is 92.6 cm³/mol. The minimum absolute atomic E-state index is 0.414. The van der Waals surface area contributed by atoms with Gasteiger partial charge in [-0.15, -0.1) is 0 Å². The van der Waals surface area contributed by atoms with Gasteiger partial charge in [0.1, 0.15) is 0 Å². The first kappa shape index (κ1) is 17.2. The van der Waals surface area contributed by atoms with Crippen LogP contribution in [-0.2, 0) is 11.3 Å². The number of pyridine rings is 1. The SMILES string of the molecule is COCc1ccc2ncc(C(N)=O)c(NCCCN(C)C)c2c1. The Morgan fingerprint density at radius 1 is 1.39 bits per heavy atom. The van der Waals surface area contributed by atoms with Crippen LogP contribution in [0.25, 0.3) is 10.9 Å². The van der Waals surface area contributed by atoms with Crippen molar-refractivity contribution in [2.24, 2.45) is 5.73 Å². The fourth-order valence-corrected chi connectivity index (χ4v) is 2.48. The van der Waals surface area contributed by atoms with Gasteiger partial charge in [-0.25, -0.2) is 0 Å². The van der Waals surface area contributed by atoms with Crippen LogP contribution in [0.5, 0.6) is 0 Å². The fourth-order valence-electron chi connectivity index (χ4n) is 2.48. The number of amides is 1. The molecule has 1 aromatic carbocycles. The van der Waals surface area contributed by atoms with Crippen molar-refractivity contribution in [2.75, 3.05) is 39.6 Å². The number of carbonyl (C=O) groups is 1. The van der Waals surface area contributed by atoms with Gasteiger partial charge in [0, 0.05) is 25.2 Å². The van der Waals surface area contributed by atoms with Gasteiger partial charge in [0.2, 0.25) is 0 Å².